The van der Waals surface area contributed by atoms with E-state index in [0.717, 1.165) is 5.56 Å². The quantitative estimate of drug-likeness (QED) is 0.883. The number of aliphatic carboxylic acids is 1. The van der Waals surface area contributed by atoms with Crippen molar-refractivity contribution in [3.05, 3.63) is 35.6 Å². The summed E-state index contributed by atoms with van der Waals surface area (Å²) >= 11 is 0. The Bertz CT molecular complexity index is 452. The van der Waals surface area contributed by atoms with E-state index in [9.17, 15) is 14.3 Å². The average Bonchev–Trinajstić information content (AvgIpc) is 2.85. The Morgan fingerprint density at radius 3 is 2.95 bits per heavy atom. The Morgan fingerprint density at radius 1 is 1.53 bits per heavy atom. The third-order valence-electron chi connectivity index (χ3n) is 3.52. The fourth-order valence-electron chi connectivity index (χ4n) is 2.47. The molecule has 1 aromatic rings. The van der Waals surface area contributed by atoms with Crippen LogP contribution < -0.4 is 0 Å². The number of carbonyl (C=O) groups is 1. The number of likely N-dealkylation sites (N-methyl/N-ethyl adjacent to an activating group) is 1. The molecule has 0 aliphatic carbocycles. The molecule has 104 valence electrons. The van der Waals surface area contributed by atoms with Gasteiger partial charge in [-0.25, -0.2) is 4.39 Å². The molecule has 0 aromatic heterocycles. The van der Waals surface area contributed by atoms with Gasteiger partial charge in [-0.15, -0.1) is 0 Å². The number of benzene rings is 1. The fourth-order valence-corrected chi connectivity index (χ4v) is 2.47. The van der Waals surface area contributed by atoms with Gasteiger partial charge in [0.15, 0.2) is 0 Å². The maximum Gasteiger partial charge on any atom is 0.310 e. The standard InChI is InChI=1S/C14H18FNO3/c1-2-16(7-10-4-3-5-11(15)6-10)13-9-19-8-12(13)14(17)18/h3-6,12-13H,2,7-9H2,1H3,(H,17,18). The molecule has 4 nitrogen and oxygen atoms in total. The Morgan fingerprint density at radius 2 is 2.32 bits per heavy atom. The minimum atomic E-state index is -0.833. The molecule has 1 heterocycles. The van der Waals surface area contributed by atoms with Gasteiger partial charge < -0.3 is 9.84 Å². The van der Waals surface area contributed by atoms with Gasteiger partial charge in [0, 0.05) is 12.6 Å². The molecule has 0 saturated carbocycles. The summed E-state index contributed by atoms with van der Waals surface area (Å²) in [5.74, 6) is -1.61. The maximum atomic E-state index is 13.2. The van der Waals surface area contributed by atoms with Gasteiger partial charge in [0.05, 0.1) is 19.1 Å². The van der Waals surface area contributed by atoms with E-state index in [-0.39, 0.29) is 18.5 Å². The largest absolute Gasteiger partial charge is 0.481 e. The Labute approximate surface area is 111 Å². The lowest BCUT2D eigenvalue weighted by Gasteiger charge is -2.29. The monoisotopic (exact) mass is 267 g/mol. The molecule has 1 aliphatic rings. The van der Waals surface area contributed by atoms with Crippen LogP contribution in [0.4, 0.5) is 4.39 Å². The number of rotatable bonds is 5. The molecule has 1 N–H and O–H groups in total. The van der Waals surface area contributed by atoms with Crippen LogP contribution >= 0.6 is 0 Å². The zero-order chi connectivity index (χ0) is 13.8. The van der Waals surface area contributed by atoms with Crippen molar-refractivity contribution in [2.24, 2.45) is 5.92 Å². The first-order chi connectivity index (χ1) is 9.11. The Hall–Kier alpha value is -1.46. The van der Waals surface area contributed by atoms with E-state index in [2.05, 4.69) is 0 Å². The molecule has 1 saturated heterocycles. The zero-order valence-corrected chi connectivity index (χ0v) is 10.9. The maximum absolute atomic E-state index is 13.2. The van der Waals surface area contributed by atoms with Crippen LogP contribution in [0.15, 0.2) is 24.3 Å². The molecule has 0 radical (unpaired) electrons. The third-order valence-corrected chi connectivity index (χ3v) is 3.52. The van der Waals surface area contributed by atoms with Crippen LogP contribution in [0.1, 0.15) is 12.5 Å². The van der Waals surface area contributed by atoms with Crippen molar-refractivity contribution in [1.29, 1.82) is 0 Å². The number of hydrogen-bond donors (Lipinski definition) is 1. The molecular weight excluding hydrogens is 249 g/mol. The van der Waals surface area contributed by atoms with Crippen molar-refractivity contribution in [1.82, 2.24) is 4.90 Å². The topological polar surface area (TPSA) is 49.8 Å². The first-order valence-corrected chi connectivity index (χ1v) is 6.41. The molecule has 5 heteroatoms. The average molecular weight is 267 g/mol. The summed E-state index contributed by atoms with van der Waals surface area (Å²) in [4.78, 5) is 13.2. The Balaban J connectivity index is 2.09. The van der Waals surface area contributed by atoms with Gasteiger partial charge in [-0.2, -0.15) is 0 Å². The fraction of sp³-hybridized carbons (Fsp3) is 0.500. The van der Waals surface area contributed by atoms with E-state index < -0.39 is 11.9 Å². The molecule has 0 amide bonds. The van der Waals surface area contributed by atoms with Crippen LogP contribution in [-0.2, 0) is 16.1 Å². The molecule has 0 spiro atoms. The second-order valence-electron chi connectivity index (χ2n) is 4.74. The van der Waals surface area contributed by atoms with Crippen LogP contribution in [0.3, 0.4) is 0 Å². The van der Waals surface area contributed by atoms with E-state index in [4.69, 9.17) is 4.74 Å². The molecule has 1 fully saturated rings. The second kappa shape index (κ2) is 6.12. The highest BCUT2D eigenvalue weighted by Gasteiger charge is 2.37. The summed E-state index contributed by atoms with van der Waals surface area (Å²) in [6.45, 7) is 3.87. The van der Waals surface area contributed by atoms with Gasteiger partial charge in [0.2, 0.25) is 0 Å². The van der Waals surface area contributed by atoms with Crippen LogP contribution in [0.2, 0.25) is 0 Å². The zero-order valence-electron chi connectivity index (χ0n) is 10.9. The molecule has 2 rings (SSSR count). The van der Waals surface area contributed by atoms with Crippen molar-refractivity contribution in [3.63, 3.8) is 0 Å². The molecule has 1 aliphatic heterocycles. The highest BCUT2D eigenvalue weighted by atomic mass is 19.1. The third kappa shape index (κ3) is 3.30. The normalized spacial score (nSPS) is 22.9. The van der Waals surface area contributed by atoms with Crippen molar-refractivity contribution in [2.75, 3.05) is 19.8 Å². The molecule has 1 aromatic carbocycles. The Kier molecular flexibility index (Phi) is 4.50. The number of carboxylic acid groups (broad SMARTS) is 1. The van der Waals surface area contributed by atoms with E-state index in [1.54, 1.807) is 6.07 Å². The molecule has 19 heavy (non-hydrogen) atoms. The highest BCUT2D eigenvalue weighted by molar-refractivity contribution is 5.71. The van der Waals surface area contributed by atoms with Gasteiger partial charge in [-0.05, 0) is 24.2 Å². The van der Waals surface area contributed by atoms with Crippen LogP contribution in [-0.4, -0.2) is 41.8 Å². The SMILES string of the molecule is CCN(Cc1cccc(F)c1)C1COCC1C(=O)O. The van der Waals surface area contributed by atoms with Crippen LogP contribution in [0, 0.1) is 11.7 Å². The van der Waals surface area contributed by atoms with E-state index in [1.165, 1.54) is 12.1 Å². The minimum absolute atomic E-state index is 0.147. The van der Waals surface area contributed by atoms with Crippen molar-refractivity contribution in [2.45, 2.75) is 19.5 Å². The number of ether oxygens (including phenoxy) is 1. The van der Waals surface area contributed by atoms with Gasteiger partial charge in [-0.3, -0.25) is 9.69 Å². The van der Waals surface area contributed by atoms with E-state index >= 15 is 0 Å². The molecule has 2 atom stereocenters. The minimum Gasteiger partial charge on any atom is -0.481 e. The highest BCUT2D eigenvalue weighted by Crippen LogP contribution is 2.22. The lowest BCUT2D eigenvalue weighted by Crippen LogP contribution is -2.42. The number of carboxylic acids is 1. The van der Waals surface area contributed by atoms with Gasteiger partial charge in [-0.1, -0.05) is 19.1 Å². The van der Waals surface area contributed by atoms with Crippen LogP contribution in [0.25, 0.3) is 0 Å². The second-order valence-corrected chi connectivity index (χ2v) is 4.74. The summed E-state index contributed by atoms with van der Waals surface area (Å²) in [7, 11) is 0. The summed E-state index contributed by atoms with van der Waals surface area (Å²) in [6, 6.07) is 6.24. The van der Waals surface area contributed by atoms with Crippen molar-refractivity contribution in [3.8, 4) is 0 Å². The number of nitrogens with zero attached hydrogens (tertiary/aromatic N) is 1. The van der Waals surface area contributed by atoms with Crippen molar-refractivity contribution >= 4 is 5.97 Å². The molecular formula is C14H18FNO3. The first kappa shape index (κ1) is 14.0. The van der Waals surface area contributed by atoms with Crippen LogP contribution in [0.5, 0.6) is 0 Å². The molecule has 2 unspecified atom stereocenters. The number of halogens is 1. The smallest absolute Gasteiger partial charge is 0.310 e. The lowest BCUT2D eigenvalue weighted by atomic mass is 10.0. The van der Waals surface area contributed by atoms with Crippen molar-refractivity contribution < 1.29 is 19.0 Å². The summed E-state index contributed by atoms with van der Waals surface area (Å²) < 4.78 is 18.4. The van der Waals surface area contributed by atoms with E-state index in [0.29, 0.717) is 19.7 Å². The summed E-state index contributed by atoms with van der Waals surface area (Å²) in [5, 5.41) is 9.17. The lowest BCUT2D eigenvalue weighted by molar-refractivity contribution is -0.143. The molecule has 0 bridgehead atoms. The first-order valence-electron chi connectivity index (χ1n) is 6.41. The summed E-state index contributed by atoms with van der Waals surface area (Å²) in [6.07, 6.45) is 0. The van der Waals surface area contributed by atoms with E-state index in [1.807, 2.05) is 17.9 Å². The predicted molar refractivity (Wildman–Crippen MR) is 68.2 cm³/mol. The van der Waals surface area contributed by atoms with Gasteiger partial charge in [0.25, 0.3) is 0 Å². The van der Waals surface area contributed by atoms with Gasteiger partial charge >= 0.3 is 5.97 Å². The number of hydrogen-bond acceptors (Lipinski definition) is 3. The predicted octanol–water partition coefficient (Wildman–Crippen LogP) is 1.75. The van der Waals surface area contributed by atoms with Gasteiger partial charge in [0.1, 0.15) is 5.82 Å². The summed E-state index contributed by atoms with van der Waals surface area (Å²) in [5.41, 5.74) is 0.845.